The van der Waals surface area contributed by atoms with Crippen LogP contribution in [0.3, 0.4) is 0 Å². The molecule has 140 valence electrons. The zero-order chi connectivity index (χ0) is 18.9. The quantitative estimate of drug-likeness (QED) is 0.819. The second-order valence-electron chi connectivity index (χ2n) is 6.13. The highest BCUT2D eigenvalue weighted by molar-refractivity contribution is 7.89. The predicted molar refractivity (Wildman–Crippen MR) is 84.4 cm³/mol. The molecule has 1 aromatic carbocycles. The number of sulfonamides is 1. The molecule has 1 saturated heterocycles. The summed E-state index contributed by atoms with van der Waals surface area (Å²) in [6.45, 7) is 1.42. The zero-order valence-electron chi connectivity index (χ0n) is 13.5. The third-order valence-corrected chi connectivity index (χ3v) is 5.87. The van der Waals surface area contributed by atoms with Crippen LogP contribution in [0, 0.1) is 0 Å². The van der Waals surface area contributed by atoms with Crippen molar-refractivity contribution in [2.75, 3.05) is 18.4 Å². The number of amides is 1. The molecule has 2 rings (SSSR count). The Morgan fingerprint density at radius 1 is 1.20 bits per heavy atom. The summed E-state index contributed by atoms with van der Waals surface area (Å²) in [5.41, 5.74) is -3.00. The van der Waals surface area contributed by atoms with Gasteiger partial charge in [-0.05, 0) is 44.0 Å². The molecule has 1 heterocycles. The van der Waals surface area contributed by atoms with Gasteiger partial charge in [-0.15, -0.1) is 0 Å². The molecule has 1 amide bonds. The Morgan fingerprint density at radius 2 is 1.72 bits per heavy atom. The van der Waals surface area contributed by atoms with Gasteiger partial charge < -0.3 is 10.4 Å². The smallest absolute Gasteiger partial charge is 0.380 e. The van der Waals surface area contributed by atoms with E-state index in [-0.39, 0.29) is 10.6 Å². The highest BCUT2D eigenvalue weighted by Crippen LogP contribution is 2.32. The molecule has 0 aromatic heterocycles. The number of nitrogens with one attached hydrogen (secondary N) is 1. The normalized spacial score (nSPS) is 18.8. The number of nitrogens with zero attached hydrogens (tertiary/aromatic N) is 1. The van der Waals surface area contributed by atoms with Gasteiger partial charge >= 0.3 is 6.18 Å². The molecule has 1 aliphatic heterocycles. The van der Waals surface area contributed by atoms with Crippen molar-refractivity contribution in [3.8, 4) is 0 Å². The Labute approximate surface area is 143 Å². The van der Waals surface area contributed by atoms with Crippen LogP contribution in [0.15, 0.2) is 29.2 Å². The SMILES string of the molecule is C[C@](O)(CC(=O)Nc1ccc(S(=O)(=O)N2CCCC2)cc1)C(F)(F)F. The molecule has 0 unspecified atom stereocenters. The van der Waals surface area contributed by atoms with E-state index in [4.69, 9.17) is 0 Å². The van der Waals surface area contributed by atoms with Gasteiger partial charge in [0, 0.05) is 18.8 Å². The highest BCUT2D eigenvalue weighted by atomic mass is 32.2. The maximum atomic E-state index is 12.6. The Kier molecular flexibility index (Phi) is 5.45. The molecule has 0 spiro atoms. The zero-order valence-corrected chi connectivity index (χ0v) is 14.3. The van der Waals surface area contributed by atoms with Gasteiger partial charge in [-0.1, -0.05) is 0 Å². The molecule has 1 aliphatic rings. The van der Waals surface area contributed by atoms with Gasteiger partial charge in [0.15, 0.2) is 5.60 Å². The van der Waals surface area contributed by atoms with Crippen LogP contribution in [0.5, 0.6) is 0 Å². The molecule has 25 heavy (non-hydrogen) atoms. The van der Waals surface area contributed by atoms with Crippen molar-refractivity contribution in [3.05, 3.63) is 24.3 Å². The molecule has 1 aromatic rings. The molecule has 0 saturated carbocycles. The average Bonchev–Trinajstić information content (AvgIpc) is 3.00. The number of benzene rings is 1. The fraction of sp³-hybridized carbons (Fsp3) is 0.533. The van der Waals surface area contributed by atoms with E-state index in [9.17, 15) is 31.5 Å². The fourth-order valence-corrected chi connectivity index (χ4v) is 3.92. The minimum atomic E-state index is -4.93. The van der Waals surface area contributed by atoms with Crippen molar-refractivity contribution in [3.63, 3.8) is 0 Å². The number of alkyl halides is 3. The number of carbonyl (C=O) groups is 1. The summed E-state index contributed by atoms with van der Waals surface area (Å²) < 4.78 is 63.7. The van der Waals surface area contributed by atoms with E-state index in [1.807, 2.05) is 0 Å². The van der Waals surface area contributed by atoms with E-state index >= 15 is 0 Å². The van der Waals surface area contributed by atoms with Crippen molar-refractivity contribution in [2.45, 2.75) is 42.9 Å². The van der Waals surface area contributed by atoms with Crippen molar-refractivity contribution >= 4 is 21.6 Å². The molecule has 2 N–H and O–H groups in total. The molecular formula is C15H19F3N2O4S. The number of hydrogen-bond acceptors (Lipinski definition) is 4. The van der Waals surface area contributed by atoms with Crippen molar-refractivity contribution in [2.24, 2.45) is 0 Å². The number of hydrogen-bond donors (Lipinski definition) is 2. The molecule has 0 aliphatic carbocycles. The van der Waals surface area contributed by atoms with Crippen LogP contribution in [0.4, 0.5) is 18.9 Å². The minimum Gasteiger partial charge on any atom is -0.380 e. The van der Waals surface area contributed by atoms with Gasteiger partial charge in [0.25, 0.3) is 0 Å². The minimum absolute atomic E-state index is 0.0506. The highest BCUT2D eigenvalue weighted by Gasteiger charge is 2.50. The van der Waals surface area contributed by atoms with Crippen LogP contribution in [0.1, 0.15) is 26.2 Å². The van der Waals surface area contributed by atoms with E-state index in [0.717, 1.165) is 12.8 Å². The first kappa shape index (κ1) is 19.7. The summed E-state index contributed by atoms with van der Waals surface area (Å²) >= 11 is 0. The summed E-state index contributed by atoms with van der Waals surface area (Å²) in [6.07, 6.45) is -4.50. The number of aliphatic hydroxyl groups is 1. The van der Waals surface area contributed by atoms with Crippen molar-refractivity contribution < 1.29 is 31.5 Å². The van der Waals surface area contributed by atoms with Gasteiger partial charge in [-0.25, -0.2) is 8.42 Å². The second-order valence-corrected chi connectivity index (χ2v) is 8.07. The Bertz CT molecular complexity index is 724. The van der Waals surface area contributed by atoms with Crippen LogP contribution in [-0.2, 0) is 14.8 Å². The summed E-state index contributed by atoms with van der Waals surface area (Å²) in [5.74, 6) is -1.03. The predicted octanol–water partition coefficient (Wildman–Crippen LogP) is 2.11. The van der Waals surface area contributed by atoms with Crippen LogP contribution in [-0.4, -0.2) is 48.6 Å². The average molecular weight is 380 g/mol. The summed E-state index contributed by atoms with van der Waals surface area (Å²) in [6, 6.07) is 5.16. The van der Waals surface area contributed by atoms with Crippen LogP contribution in [0.2, 0.25) is 0 Å². The number of carbonyl (C=O) groups excluding carboxylic acids is 1. The third-order valence-electron chi connectivity index (χ3n) is 3.96. The van der Waals surface area contributed by atoms with E-state index in [1.165, 1.54) is 28.6 Å². The Morgan fingerprint density at radius 3 is 2.20 bits per heavy atom. The summed E-state index contributed by atoms with van der Waals surface area (Å²) in [5, 5.41) is 11.5. The number of halogens is 3. The lowest BCUT2D eigenvalue weighted by Gasteiger charge is -2.25. The van der Waals surface area contributed by atoms with Gasteiger partial charge in [0.05, 0.1) is 11.3 Å². The summed E-state index contributed by atoms with van der Waals surface area (Å²) in [7, 11) is -3.60. The van der Waals surface area contributed by atoms with E-state index < -0.39 is 34.1 Å². The standard InChI is InChI=1S/C15H19F3N2O4S/c1-14(22,15(16,17)18)10-13(21)19-11-4-6-12(7-5-11)25(23,24)20-8-2-3-9-20/h4-7,22H,2-3,8-10H2,1H3,(H,19,21)/t14-/m0/s1. The third kappa shape index (κ3) is 4.50. The molecule has 0 radical (unpaired) electrons. The first-order valence-corrected chi connectivity index (χ1v) is 9.07. The number of rotatable bonds is 5. The van der Waals surface area contributed by atoms with Crippen LogP contribution >= 0.6 is 0 Å². The Balaban J connectivity index is 2.04. The second kappa shape index (κ2) is 6.93. The molecule has 0 bridgehead atoms. The van der Waals surface area contributed by atoms with E-state index in [1.54, 1.807) is 0 Å². The molecule has 6 nitrogen and oxygen atoms in total. The van der Waals surface area contributed by atoms with Gasteiger partial charge in [-0.2, -0.15) is 17.5 Å². The lowest BCUT2D eigenvalue weighted by Crippen LogP contribution is -2.44. The van der Waals surface area contributed by atoms with Crippen molar-refractivity contribution in [1.29, 1.82) is 0 Å². The molecular weight excluding hydrogens is 361 g/mol. The largest absolute Gasteiger partial charge is 0.417 e. The topological polar surface area (TPSA) is 86.7 Å². The van der Waals surface area contributed by atoms with Crippen LogP contribution < -0.4 is 5.32 Å². The van der Waals surface area contributed by atoms with E-state index in [2.05, 4.69) is 5.32 Å². The van der Waals surface area contributed by atoms with Gasteiger partial charge in [0.2, 0.25) is 15.9 Å². The first-order chi connectivity index (χ1) is 11.4. The van der Waals surface area contributed by atoms with Gasteiger partial charge in [-0.3, -0.25) is 4.79 Å². The monoisotopic (exact) mass is 380 g/mol. The lowest BCUT2D eigenvalue weighted by molar-refractivity contribution is -0.252. The van der Waals surface area contributed by atoms with Crippen LogP contribution in [0.25, 0.3) is 0 Å². The van der Waals surface area contributed by atoms with Gasteiger partial charge in [0.1, 0.15) is 0 Å². The first-order valence-electron chi connectivity index (χ1n) is 7.63. The Hall–Kier alpha value is -1.65. The fourth-order valence-electron chi connectivity index (χ4n) is 2.41. The maximum Gasteiger partial charge on any atom is 0.417 e. The van der Waals surface area contributed by atoms with E-state index in [0.29, 0.717) is 20.0 Å². The molecule has 1 fully saturated rings. The maximum absolute atomic E-state index is 12.6. The molecule has 10 heteroatoms. The molecule has 1 atom stereocenters. The van der Waals surface area contributed by atoms with Crippen molar-refractivity contribution in [1.82, 2.24) is 4.31 Å². The lowest BCUT2D eigenvalue weighted by atomic mass is 10.0. The summed E-state index contributed by atoms with van der Waals surface area (Å²) in [4.78, 5) is 11.7. The number of anilines is 1.